The fourth-order valence-corrected chi connectivity index (χ4v) is 3.40. The maximum absolute atomic E-state index is 5.67. The van der Waals surface area contributed by atoms with Crippen LogP contribution in [0, 0.1) is 0 Å². The number of furan rings is 1. The van der Waals surface area contributed by atoms with Crippen molar-refractivity contribution in [2.24, 2.45) is 0 Å². The number of pyridine rings is 1. The largest absolute Gasteiger partial charge is 0.468 e. The average Bonchev–Trinajstić information content (AvgIpc) is 3.26. The molecule has 1 fully saturated rings. The molecule has 0 spiro atoms. The topological polar surface area (TPSA) is 55.3 Å². The molecule has 1 aliphatic heterocycles. The molecule has 1 aliphatic rings. The van der Waals surface area contributed by atoms with Crippen LogP contribution in [0.2, 0.25) is 0 Å². The number of nitrogens with zero attached hydrogens (tertiary/aromatic N) is 3. The fourth-order valence-electron chi connectivity index (χ4n) is 3.40. The normalized spacial score (nSPS) is 19.2. The molecule has 1 unspecified atom stereocenters. The molecule has 0 saturated carbocycles. The summed E-state index contributed by atoms with van der Waals surface area (Å²) in [6.45, 7) is 1.80. The summed E-state index contributed by atoms with van der Waals surface area (Å²) in [5, 5.41) is 4.20. The summed E-state index contributed by atoms with van der Waals surface area (Å²) in [5.41, 5.74) is 1.81. The molecule has 3 aromatic heterocycles. The van der Waals surface area contributed by atoms with Crippen molar-refractivity contribution in [3.05, 3.63) is 60.5 Å². The van der Waals surface area contributed by atoms with Gasteiger partial charge < -0.3 is 8.94 Å². The lowest BCUT2D eigenvalue weighted by Crippen LogP contribution is -2.27. The molecule has 0 radical (unpaired) electrons. The van der Waals surface area contributed by atoms with Crippen LogP contribution >= 0.6 is 0 Å². The first kappa shape index (κ1) is 15.1. The molecule has 0 aromatic carbocycles. The van der Waals surface area contributed by atoms with Crippen molar-refractivity contribution in [1.82, 2.24) is 15.0 Å². The highest BCUT2D eigenvalue weighted by Crippen LogP contribution is 2.32. The van der Waals surface area contributed by atoms with E-state index in [-0.39, 0.29) is 0 Å². The second kappa shape index (κ2) is 7.01. The van der Waals surface area contributed by atoms with Gasteiger partial charge >= 0.3 is 0 Å². The Morgan fingerprint density at radius 2 is 2.17 bits per heavy atom. The standard InChI is InChI=1S/C19H21N3O2/c1-2-7-18(19-8-5-11-23-19)22(10-3-1)14-16-12-17(21-24-16)15-6-4-9-20-13-15/h4-6,8-9,11-13,18H,1-3,7,10,14H2. The van der Waals surface area contributed by atoms with E-state index in [0.29, 0.717) is 6.04 Å². The van der Waals surface area contributed by atoms with Gasteiger partial charge in [-0.05, 0) is 43.7 Å². The van der Waals surface area contributed by atoms with Gasteiger partial charge in [-0.15, -0.1) is 0 Å². The third-order valence-corrected chi connectivity index (χ3v) is 4.61. The van der Waals surface area contributed by atoms with Crippen LogP contribution in [-0.4, -0.2) is 21.6 Å². The van der Waals surface area contributed by atoms with Crippen LogP contribution in [0.25, 0.3) is 11.3 Å². The molecule has 3 aromatic rings. The lowest BCUT2D eigenvalue weighted by Gasteiger charge is -2.27. The van der Waals surface area contributed by atoms with E-state index >= 15 is 0 Å². The molecule has 0 aliphatic carbocycles. The predicted molar refractivity (Wildman–Crippen MR) is 90.1 cm³/mol. The third kappa shape index (κ3) is 3.26. The number of hydrogen-bond donors (Lipinski definition) is 0. The molecular formula is C19H21N3O2. The van der Waals surface area contributed by atoms with E-state index in [0.717, 1.165) is 42.3 Å². The smallest absolute Gasteiger partial charge is 0.151 e. The summed E-state index contributed by atoms with van der Waals surface area (Å²) in [4.78, 5) is 6.58. The summed E-state index contributed by atoms with van der Waals surface area (Å²) >= 11 is 0. The molecule has 1 atom stereocenters. The van der Waals surface area contributed by atoms with Gasteiger partial charge in [0.25, 0.3) is 0 Å². The van der Waals surface area contributed by atoms with Crippen molar-refractivity contribution in [3.63, 3.8) is 0 Å². The van der Waals surface area contributed by atoms with Crippen LogP contribution < -0.4 is 0 Å². The lowest BCUT2D eigenvalue weighted by molar-refractivity contribution is 0.152. The highest BCUT2D eigenvalue weighted by Gasteiger charge is 2.26. The van der Waals surface area contributed by atoms with E-state index in [1.165, 1.54) is 19.3 Å². The molecule has 1 saturated heterocycles. The van der Waals surface area contributed by atoms with Crippen LogP contribution in [0.1, 0.15) is 43.2 Å². The highest BCUT2D eigenvalue weighted by atomic mass is 16.5. The molecule has 5 nitrogen and oxygen atoms in total. The SMILES string of the molecule is c1cncc(-c2cc(CN3CCCCCC3c3ccco3)on2)c1. The average molecular weight is 323 g/mol. The van der Waals surface area contributed by atoms with Crippen LogP contribution in [0.4, 0.5) is 0 Å². The van der Waals surface area contributed by atoms with Gasteiger partial charge in [0.15, 0.2) is 5.76 Å². The Kier molecular flexibility index (Phi) is 4.42. The zero-order chi connectivity index (χ0) is 16.2. The zero-order valence-corrected chi connectivity index (χ0v) is 13.6. The van der Waals surface area contributed by atoms with E-state index in [1.54, 1.807) is 18.7 Å². The van der Waals surface area contributed by atoms with E-state index in [1.807, 2.05) is 24.3 Å². The Balaban J connectivity index is 1.53. The van der Waals surface area contributed by atoms with Crippen molar-refractivity contribution < 1.29 is 8.94 Å². The Labute approximate surface area is 141 Å². The van der Waals surface area contributed by atoms with Crippen LogP contribution in [0.3, 0.4) is 0 Å². The summed E-state index contributed by atoms with van der Waals surface area (Å²) in [5.74, 6) is 1.93. The molecular weight excluding hydrogens is 302 g/mol. The van der Waals surface area contributed by atoms with E-state index in [4.69, 9.17) is 8.94 Å². The maximum atomic E-state index is 5.67. The second-order valence-corrected chi connectivity index (χ2v) is 6.27. The van der Waals surface area contributed by atoms with Crippen molar-refractivity contribution in [2.75, 3.05) is 6.54 Å². The van der Waals surface area contributed by atoms with Crippen LogP contribution in [0.15, 0.2) is 57.9 Å². The van der Waals surface area contributed by atoms with Crippen LogP contribution in [-0.2, 0) is 6.54 Å². The first-order valence-corrected chi connectivity index (χ1v) is 8.53. The number of rotatable bonds is 4. The zero-order valence-electron chi connectivity index (χ0n) is 13.6. The lowest BCUT2D eigenvalue weighted by atomic mass is 10.1. The van der Waals surface area contributed by atoms with Gasteiger partial charge in [-0.25, -0.2) is 0 Å². The van der Waals surface area contributed by atoms with Gasteiger partial charge in [0.05, 0.1) is 18.8 Å². The molecule has 4 rings (SSSR count). The van der Waals surface area contributed by atoms with E-state index in [9.17, 15) is 0 Å². The Bertz CT molecular complexity index is 752. The van der Waals surface area contributed by atoms with Crippen molar-refractivity contribution >= 4 is 0 Å². The summed E-state index contributed by atoms with van der Waals surface area (Å²) < 4.78 is 11.3. The molecule has 0 N–H and O–H groups in total. The molecule has 5 heteroatoms. The molecule has 24 heavy (non-hydrogen) atoms. The first-order valence-electron chi connectivity index (χ1n) is 8.53. The van der Waals surface area contributed by atoms with Gasteiger partial charge in [0.2, 0.25) is 0 Å². The van der Waals surface area contributed by atoms with Crippen molar-refractivity contribution in [2.45, 2.75) is 38.3 Å². The van der Waals surface area contributed by atoms with Gasteiger partial charge in [0, 0.05) is 24.0 Å². The highest BCUT2D eigenvalue weighted by molar-refractivity contribution is 5.57. The molecule has 0 amide bonds. The Morgan fingerprint density at radius 1 is 1.17 bits per heavy atom. The third-order valence-electron chi connectivity index (χ3n) is 4.61. The fraction of sp³-hybridized carbons (Fsp3) is 0.368. The van der Waals surface area contributed by atoms with Crippen molar-refractivity contribution in [1.29, 1.82) is 0 Å². The number of aromatic nitrogens is 2. The predicted octanol–water partition coefficient (Wildman–Crippen LogP) is 4.45. The minimum atomic E-state index is 0.314. The first-order chi connectivity index (χ1) is 11.9. The minimum Gasteiger partial charge on any atom is -0.468 e. The molecule has 4 heterocycles. The van der Waals surface area contributed by atoms with Crippen LogP contribution in [0.5, 0.6) is 0 Å². The quantitative estimate of drug-likeness (QED) is 0.710. The number of hydrogen-bond acceptors (Lipinski definition) is 5. The molecule has 0 bridgehead atoms. The Hall–Kier alpha value is -2.40. The van der Waals surface area contributed by atoms with Gasteiger partial charge in [0.1, 0.15) is 11.5 Å². The minimum absolute atomic E-state index is 0.314. The van der Waals surface area contributed by atoms with Crippen molar-refractivity contribution in [3.8, 4) is 11.3 Å². The summed E-state index contributed by atoms with van der Waals surface area (Å²) in [6, 6.07) is 10.3. The Morgan fingerprint density at radius 3 is 3.00 bits per heavy atom. The van der Waals surface area contributed by atoms with Gasteiger partial charge in [-0.1, -0.05) is 18.0 Å². The monoisotopic (exact) mass is 323 g/mol. The maximum Gasteiger partial charge on any atom is 0.151 e. The second-order valence-electron chi connectivity index (χ2n) is 6.27. The van der Waals surface area contributed by atoms with E-state index in [2.05, 4.69) is 21.1 Å². The van der Waals surface area contributed by atoms with Gasteiger partial charge in [-0.3, -0.25) is 9.88 Å². The van der Waals surface area contributed by atoms with Gasteiger partial charge in [-0.2, -0.15) is 0 Å². The summed E-state index contributed by atoms with van der Waals surface area (Å²) in [6.07, 6.45) is 10.2. The molecule has 124 valence electrons. The van der Waals surface area contributed by atoms with E-state index < -0.39 is 0 Å². The number of likely N-dealkylation sites (tertiary alicyclic amines) is 1. The summed E-state index contributed by atoms with van der Waals surface area (Å²) in [7, 11) is 0.